The number of carbonyl (C=O) groups is 1. The van der Waals surface area contributed by atoms with Gasteiger partial charge in [0.25, 0.3) is 0 Å². The van der Waals surface area contributed by atoms with Crippen molar-refractivity contribution in [2.24, 2.45) is 5.92 Å². The highest BCUT2D eigenvalue weighted by molar-refractivity contribution is 7.99. The zero-order valence-corrected chi connectivity index (χ0v) is 12.4. The van der Waals surface area contributed by atoms with Crippen LogP contribution < -0.4 is 0 Å². The molecule has 0 radical (unpaired) electrons. The predicted molar refractivity (Wildman–Crippen MR) is 76.5 cm³/mol. The molecule has 0 bridgehead atoms. The molecule has 0 amide bonds. The van der Waals surface area contributed by atoms with E-state index in [1.165, 1.54) is 11.8 Å². The van der Waals surface area contributed by atoms with Gasteiger partial charge in [0, 0.05) is 17.5 Å². The van der Waals surface area contributed by atoms with Crippen LogP contribution in [0.15, 0.2) is 22.0 Å². The number of rotatable bonds is 6. The molecule has 0 unspecified atom stereocenters. The minimum absolute atomic E-state index is 0.000133. The van der Waals surface area contributed by atoms with Crippen LogP contribution in [0.3, 0.4) is 0 Å². The van der Waals surface area contributed by atoms with Gasteiger partial charge in [0.1, 0.15) is 0 Å². The Morgan fingerprint density at radius 3 is 2.89 bits per heavy atom. The Balaban J connectivity index is 2.30. The summed E-state index contributed by atoms with van der Waals surface area (Å²) in [6.07, 6.45) is 0. The lowest BCUT2D eigenvalue weighted by molar-refractivity contribution is -0.133. The number of carboxylic acids is 1. The van der Waals surface area contributed by atoms with Gasteiger partial charge in [0.05, 0.1) is 5.75 Å². The molecular formula is C12H15N3O2S2. The van der Waals surface area contributed by atoms with Gasteiger partial charge in [-0.3, -0.25) is 4.79 Å². The molecule has 0 spiro atoms. The van der Waals surface area contributed by atoms with E-state index in [4.69, 9.17) is 5.11 Å². The molecule has 1 N–H and O–H groups in total. The number of hydrogen-bond acceptors (Lipinski definition) is 5. The summed E-state index contributed by atoms with van der Waals surface area (Å²) in [7, 11) is 0. The molecule has 0 fully saturated rings. The molecule has 0 aliphatic rings. The smallest absolute Gasteiger partial charge is 0.313 e. The third-order valence-corrected chi connectivity index (χ3v) is 4.00. The van der Waals surface area contributed by atoms with Gasteiger partial charge in [0.15, 0.2) is 11.0 Å². The summed E-state index contributed by atoms with van der Waals surface area (Å²) in [5, 5.41) is 21.7. The first kappa shape index (κ1) is 14.1. The van der Waals surface area contributed by atoms with Crippen LogP contribution in [0.4, 0.5) is 0 Å². The molecule has 2 aromatic rings. The SMILES string of the molecule is CC(C)Cn1c(SCC(=O)O)nnc1-c1ccsc1. The van der Waals surface area contributed by atoms with Crippen LogP contribution in [0.25, 0.3) is 11.4 Å². The molecule has 0 saturated carbocycles. The maximum absolute atomic E-state index is 10.7. The summed E-state index contributed by atoms with van der Waals surface area (Å²) in [6, 6.07) is 2.00. The lowest BCUT2D eigenvalue weighted by Crippen LogP contribution is -2.08. The first-order valence-electron chi connectivity index (χ1n) is 5.88. The Kier molecular flexibility index (Phi) is 4.60. The first-order chi connectivity index (χ1) is 9.08. The molecule has 2 rings (SSSR count). The van der Waals surface area contributed by atoms with Crippen molar-refractivity contribution in [3.63, 3.8) is 0 Å². The molecule has 2 aromatic heterocycles. The van der Waals surface area contributed by atoms with E-state index < -0.39 is 5.97 Å². The number of hydrogen-bond donors (Lipinski definition) is 1. The Bertz CT molecular complexity index is 549. The summed E-state index contributed by atoms with van der Waals surface area (Å²) in [5.74, 6) is 0.404. The van der Waals surface area contributed by atoms with E-state index in [9.17, 15) is 4.79 Å². The van der Waals surface area contributed by atoms with E-state index in [0.29, 0.717) is 11.1 Å². The molecular weight excluding hydrogens is 282 g/mol. The van der Waals surface area contributed by atoms with Gasteiger partial charge < -0.3 is 9.67 Å². The summed E-state index contributed by atoms with van der Waals surface area (Å²) in [4.78, 5) is 10.7. The summed E-state index contributed by atoms with van der Waals surface area (Å²) < 4.78 is 2.00. The Hall–Kier alpha value is -1.34. The largest absolute Gasteiger partial charge is 0.481 e. The van der Waals surface area contributed by atoms with Crippen LogP contribution in [0.5, 0.6) is 0 Å². The fourth-order valence-corrected chi connectivity index (χ4v) is 2.96. The van der Waals surface area contributed by atoms with Crippen LogP contribution in [-0.2, 0) is 11.3 Å². The number of nitrogens with zero attached hydrogens (tertiary/aromatic N) is 3. The van der Waals surface area contributed by atoms with E-state index in [2.05, 4.69) is 24.0 Å². The quantitative estimate of drug-likeness (QED) is 0.830. The van der Waals surface area contributed by atoms with Crippen molar-refractivity contribution in [3.8, 4) is 11.4 Å². The first-order valence-corrected chi connectivity index (χ1v) is 7.81. The van der Waals surface area contributed by atoms with Gasteiger partial charge in [-0.25, -0.2) is 0 Å². The van der Waals surface area contributed by atoms with Crippen LogP contribution in [-0.4, -0.2) is 31.6 Å². The molecule has 0 aliphatic carbocycles. The molecule has 0 saturated heterocycles. The minimum atomic E-state index is -0.846. The topological polar surface area (TPSA) is 68.0 Å². The highest BCUT2D eigenvalue weighted by atomic mass is 32.2. The van der Waals surface area contributed by atoms with Gasteiger partial charge in [-0.1, -0.05) is 25.6 Å². The zero-order chi connectivity index (χ0) is 13.8. The van der Waals surface area contributed by atoms with Gasteiger partial charge in [-0.05, 0) is 17.4 Å². The summed E-state index contributed by atoms with van der Waals surface area (Å²) in [5.41, 5.74) is 1.03. The van der Waals surface area contributed by atoms with Crippen LogP contribution in [0.2, 0.25) is 0 Å². The third-order valence-electron chi connectivity index (χ3n) is 2.37. The zero-order valence-electron chi connectivity index (χ0n) is 10.7. The van der Waals surface area contributed by atoms with E-state index in [-0.39, 0.29) is 5.75 Å². The van der Waals surface area contributed by atoms with Crippen molar-refractivity contribution >= 4 is 29.1 Å². The van der Waals surface area contributed by atoms with E-state index in [1.807, 2.05) is 21.4 Å². The average Bonchev–Trinajstić information content (AvgIpc) is 2.94. The van der Waals surface area contributed by atoms with Gasteiger partial charge in [-0.2, -0.15) is 11.3 Å². The highest BCUT2D eigenvalue weighted by Gasteiger charge is 2.16. The summed E-state index contributed by atoms with van der Waals surface area (Å²) in [6.45, 7) is 5.01. The molecule has 102 valence electrons. The molecule has 19 heavy (non-hydrogen) atoms. The molecule has 0 atom stereocenters. The van der Waals surface area contributed by atoms with E-state index in [0.717, 1.165) is 17.9 Å². The minimum Gasteiger partial charge on any atom is -0.481 e. The number of thioether (sulfide) groups is 1. The Morgan fingerprint density at radius 2 is 2.32 bits per heavy atom. The second kappa shape index (κ2) is 6.21. The van der Waals surface area contributed by atoms with Gasteiger partial charge in [0.2, 0.25) is 0 Å². The monoisotopic (exact) mass is 297 g/mol. The number of thiophene rings is 1. The normalized spacial score (nSPS) is 11.1. The van der Waals surface area contributed by atoms with Gasteiger partial charge in [-0.15, -0.1) is 10.2 Å². The molecule has 0 aliphatic heterocycles. The summed E-state index contributed by atoms with van der Waals surface area (Å²) >= 11 is 2.82. The Morgan fingerprint density at radius 1 is 1.53 bits per heavy atom. The van der Waals surface area contributed by atoms with Crippen molar-refractivity contribution in [1.82, 2.24) is 14.8 Å². The highest BCUT2D eigenvalue weighted by Crippen LogP contribution is 2.26. The maximum atomic E-state index is 10.7. The van der Waals surface area contributed by atoms with Crippen LogP contribution in [0.1, 0.15) is 13.8 Å². The molecule has 7 heteroatoms. The number of aliphatic carboxylic acids is 1. The lowest BCUT2D eigenvalue weighted by atomic mass is 10.2. The predicted octanol–water partition coefficient (Wildman–Crippen LogP) is 2.84. The number of aromatic nitrogens is 3. The fraction of sp³-hybridized carbons (Fsp3) is 0.417. The fourth-order valence-electron chi connectivity index (χ4n) is 1.66. The van der Waals surface area contributed by atoms with Crippen molar-refractivity contribution in [2.45, 2.75) is 25.5 Å². The van der Waals surface area contributed by atoms with Crippen molar-refractivity contribution < 1.29 is 9.90 Å². The maximum Gasteiger partial charge on any atom is 0.313 e. The van der Waals surface area contributed by atoms with Crippen LogP contribution >= 0.6 is 23.1 Å². The van der Waals surface area contributed by atoms with Crippen molar-refractivity contribution in [3.05, 3.63) is 16.8 Å². The molecule has 2 heterocycles. The second-order valence-corrected chi connectivity index (χ2v) is 6.23. The molecule has 5 nitrogen and oxygen atoms in total. The molecule has 0 aromatic carbocycles. The number of carboxylic acid groups (broad SMARTS) is 1. The Labute approximate surface area is 119 Å². The van der Waals surface area contributed by atoms with Crippen molar-refractivity contribution in [1.29, 1.82) is 0 Å². The standard InChI is InChI=1S/C12H15N3O2S2/c1-8(2)5-15-11(9-3-4-18-6-9)13-14-12(15)19-7-10(16)17/h3-4,6,8H,5,7H2,1-2H3,(H,16,17). The van der Waals surface area contributed by atoms with Crippen molar-refractivity contribution in [2.75, 3.05) is 5.75 Å². The van der Waals surface area contributed by atoms with E-state index >= 15 is 0 Å². The van der Waals surface area contributed by atoms with Gasteiger partial charge >= 0.3 is 5.97 Å². The van der Waals surface area contributed by atoms with E-state index in [1.54, 1.807) is 11.3 Å². The average molecular weight is 297 g/mol. The third kappa shape index (κ3) is 3.57. The van der Waals surface area contributed by atoms with Crippen LogP contribution in [0, 0.1) is 5.92 Å². The lowest BCUT2D eigenvalue weighted by Gasteiger charge is -2.11. The second-order valence-electron chi connectivity index (χ2n) is 4.51.